The normalized spacial score (nSPS) is 37.0. The molecule has 0 aromatic rings. The van der Waals surface area contributed by atoms with Gasteiger partial charge in [0.05, 0.1) is 10.8 Å². The lowest BCUT2D eigenvalue weighted by Crippen LogP contribution is -2.10. The molecule has 0 aromatic heterocycles. The average Bonchev–Trinajstić information content (AvgIpc) is 2.17. The monoisotopic (exact) mass is 127 g/mol. The summed E-state index contributed by atoms with van der Waals surface area (Å²) in [5, 5.41) is 8.55. The SMILES string of the molecule is C[C@]1(C#N)CCCS1. The van der Waals surface area contributed by atoms with Crippen LogP contribution in [0.25, 0.3) is 0 Å². The molecule has 0 bridgehead atoms. The summed E-state index contributed by atoms with van der Waals surface area (Å²) in [6, 6.07) is 2.30. The van der Waals surface area contributed by atoms with Gasteiger partial charge in [-0.15, -0.1) is 11.8 Å². The Hall–Kier alpha value is -0.160. The summed E-state index contributed by atoms with van der Waals surface area (Å²) in [7, 11) is 0. The van der Waals surface area contributed by atoms with Gasteiger partial charge in [0.1, 0.15) is 0 Å². The molecule has 1 atom stereocenters. The summed E-state index contributed by atoms with van der Waals surface area (Å²) < 4.78 is -0.0417. The molecule has 1 nitrogen and oxygen atoms in total. The lowest BCUT2D eigenvalue weighted by molar-refractivity contribution is 0.735. The number of hydrogen-bond donors (Lipinski definition) is 0. The summed E-state index contributed by atoms with van der Waals surface area (Å²) >= 11 is 1.78. The number of hydrogen-bond acceptors (Lipinski definition) is 2. The summed E-state index contributed by atoms with van der Waals surface area (Å²) in [6.07, 6.45) is 2.29. The third-order valence-electron chi connectivity index (χ3n) is 1.46. The molecule has 0 aromatic carbocycles. The van der Waals surface area contributed by atoms with Gasteiger partial charge in [0, 0.05) is 0 Å². The summed E-state index contributed by atoms with van der Waals surface area (Å²) in [6.45, 7) is 2.02. The lowest BCUT2D eigenvalue weighted by Gasteiger charge is -2.08. The van der Waals surface area contributed by atoms with Crippen molar-refractivity contribution in [1.82, 2.24) is 0 Å². The minimum Gasteiger partial charge on any atom is -0.197 e. The van der Waals surface area contributed by atoms with Crippen molar-refractivity contribution in [3.8, 4) is 6.07 Å². The Bertz CT molecular complexity index is 119. The lowest BCUT2D eigenvalue weighted by atomic mass is 10.1. The molecule has 2 heteroatoms. The highest BCUT2D eigenvalue weighted by Crippen LogP contribution is 2.36. The van der Waals surface area contributed by atoms with E-state index in [-0.39, 0.29) is 4.75 Å². The molecule has 0 amide bonds. The predicted molar refractivity (Wildman–Crippen MR) is 35.7 cm³/mol. The molecule has 1 aliphatic heterocycles. The van der Waals surface area contributed by atoms with Crippen LogP contribution in [-0.2, 0) is 0 Å². The molecule has 0 saturated carbocycles. The van der Waals surface area contributed by atoms with E-state index in [2.05, 4.69) is 6.07 Å². The highest BCUT2D eigenvalue weighted by atomic mass is 32.2. The van der Waals surface area contributed by atoms with Gasteiger partial charge in [-0.25, -0.2) is 0 Å². The first-order valence-electron chi connectivity index (χ1n) is 2.82. The minimum atomic E-state index is -0.0417. The van der Waals surface area contributed by atoms with Crippen molar-refractivity contribution in [2.24, 2.45) is 0 Å². The zero-order valence-electron chi connectivity index (χ0n) is 4.98. The smallest absolute Gasteiger partial charge is 0.0995 e. The second-order valence-corrected chi connectivity index (χ2v) is 3.89. The first-order valence-corrected chi connectivity index (χ1v) is 3.81. The van der Waals surface area contributed by atoms with Gasteiger partial charge < -0.3 is 0 Å². The summed E-state index contributed by atoms with van der Waals surface area (Å²) in [5.74, 6) is 1.17. The second kappa shape index (κ2) is 1.99. The van der Waals surface area contributed by atoms with Crippen molar-refractivity contribution < 1.29 is 0 Å². The molecule has 0 N–H and O–H groups in total. The van der Waals surface area contributed by atoms with Gasteiger partial charge in [0.25, 0.3) is 0 Å². The fraction of sp³-hybridized carbons (Fsp3) is 0.833. The molecule has 8 heavy (non-hydrogen) atoms. The summed E-state index contributed by atoms with van der Waals surface area (Å²) in [4.78, 5) is 0. The Morgan fingerprint density at radius 2 is 2.50 bits per heavy atom. The van der Waals surface area contributed by atoms with Crippen LogP contribution in [0.1, 0.15) is 19.8 Å². The standard InChI is InChI=1S/C6H9NS/c1-6(5-7)3-2-4-8-6/h2-4H2,1H3/t6-/m1/s1. The van der Waals surface area contributed by atoms with Crippen molar-refractivity contribution >= 4 is 11.8 Å². The highest BCUT2D eigenvalue weighted by Gasteiger charge is 2.28. The van der Waals surface area contributed by atoms with Gasteiger partial charge in [-0.3, -0.25) is 0 Å². The van der Waals surface area contributed by atoms with E-state index in [1.54, 1.807) is 11.8 Å². The van der Waals surface area contributed by atoms with Crippen LogP contribution in [0.15, 0.2) is 0 Å². The van der Waals surface area contributed by atoms with Crippen LogP contribution in [0.2, 0.25) is 0 Å². The molecule has 44 valence electrons. The van der Waals surface area contributed by atoms with Gasteiger partial charge in [0.2, 0.25) is 0 Å². The van der Waals surface area contributed by atoms with E-state index >= 15 is 0 Å². The number of nitrogens with zero attached hydrogens (tertiary/aromatic N) is 1. The molecule has 1 saturated heterocycles. The van der Waals surface area contributed by atoms with Gasteiger partial charge in [-0.2, -0.15) is 5.26 Å². The summed E-state index contributed by atoms with van der Waals surface area (Å²) in [5.41, 5.74) is 0. The molecular weight excluding hydrogens is 118 g/mol. The quantitative estimate of drug-likeness (QED) is 0.495. The van der Waals surface area contributed by atoms with Crippen LogP contribution in [0.5, 0.6) is 0 Å². The van der Waals surface area contributed by atoms with Crippen LogP contribution in [-0.4, -0.2) is 10.5 Å². The van der Waals surface area contributed by atoms with E-state index < -0.39 is 0 Å². The highest BCUT2D eigenvalue weighted by molar-refractivity contribution is 8.01. The van der Waals surface area contributed by atoms with Gasteiger partial charge >= 0.3 is 0 Å². The second-order valence-electron chi connectivity index (χ2n) is 2.29. The Kier molecular flexibility index (Phi) is 1.48. The number of thioether (sulfide) groups is 1. The van der Waals surface area contributed by atoms with E-state index in [0.717, 1.165) is 6.42 Å². The van der Waals surface area contributed by atoms with Gasteiger partial charge in [0.15, 0.2) is 0 Å². The Morgan fingerprint density at radius 3 is 2.75 bits per heavy atom. The van der Waals surface area contributed by atoms with Crippen molar-refractivity contribution in [1.29, 1.82) is 5.26 Å². The van der Waals surface area contributed by atoms with Crippen molar-refractivity contribution in [3.63, 3.8) is 0 Å². The van der Waals surface area contributed by atoms with Crippen molar-refractivity contribution in [2.45, 2.75) is 24.5 Å². The number of rotatable bonds is 0. The van der Waals surface area contributed by atoms with Crippen LogP contribution in [0, 0.1) is 11.3 Å². The zero-order valence-corrected chi connectivity index (χ0v) is 5.79. The maximum absolute atomic E-state index is 8.55. The Morgan fingerprint density at radius 1 is 1.75 bits per heavy atom. The van der Waals surface area contributed by atoms with Crippen LogP contribution >= 0.6 is 11.8 Å². The van der Waals surface area contributed by atoms with Crippen molar-refractivity contribution in [3.05, 3.63) is 0 Å². The maximum Gasteiger partial charge on any atom is 0.0995 e. The van der Waals surface area contributed by atoms with E-state index in [4.69, 9.17) is 5.26 Å². The zero-order chi connectivity index (χ0) is 6.04. The van der Waals surface area contributed by atoms with E-state index in [1.807, 2.05) is 6.92 Å². The largest absolute Gasteiger partial charge is 0.197 e. The van der Waals surface area contributed by atoms with Crippen LogP contribution < -0.4 is 0 Å². The van der Waals surface area contributed by atoms with E-state index in [0.29, 0.717) is 0 Å². The fourth-order valence-electron chi connectivity index (χ4n) is 0.867. The van der Waals surface area contributed by atoms with Crippen LogP contribution in [0.4, 0.5) is 0 Å². The van der Waals surface area contributed by atoms with Crippen LogP contribution in [0.3, 0.4) is 0 Å². The van der Waals surface area contributed by atoms with E-state index in [9.17, 15) is 0 Å². The molecule has 1 rings (SSSR count). The van der Waals surface area contributed by atoms with Gasteiger partial charge in [-0.1, -0.05) is 0 Å². The first-order chi connectivity index (χ1) is 3.77. The predicted octanol–water partition coefficient (Wildman–Crippen LogP) is 1.80. The topological polar surface area (TPSA) is 23.8 Å². The van der Waals surface area contributed by atoms with Gasteiger partial charge in [-0.05, 0) is 25.5 Å². The third kappa shape index (κ3) is 0.976. The number of nitriles is 1. The first kappa shape index (κ1) is 5.97. The molecule has 0 aliphatic carbocycles. The third-order valence-corrected chi connectivity index (χ3v) is 2.88. The molecule has 1 aliphatic rings. The van der Waals surface area contributed by atoms with E-state index in [1.165, 1.54) is 12.2 Å². The molecule has 0 spiro atoms. The fourth-order valence-corrected chi connectivity index (χ4v) is 1.96. The molecule has 1 fully saturated rings. The molecule has 0 radical (unpaired) electrons. The average molecular weight is 127 g/mol. The molecular formula is C6H9NS. The molecule has 0 unspecified atom stereocenters. The Labute approximate surface area is 54.1 Å². The minimum absolute atomic E-state index is 0.0417. The Balaban J connectivity index is 2.56. The maximum atomic E-state index is 8.55. The van der Waals surface area contributed by atoms with Crippen molar-refractivity contribution in [2.75, 3.05) is 5.75 Å². The molecule has 1 heterocycles.